The number of rotatable bonds is 5. The molecule has 0 aliphatic carbocycles. The van der Waals surface area contributed by atoms with E-state index < -0.39 is 10.0 Å². The Morgan fingerprint density at radius 2 is 1.59 bits per heavy atom. The van der Waals surface area contributed by atoms with Gasteiger partial charge in [-0.15, -0.1) is 0 Å². The molecule has 0 heterocycles. The van der Waals surface area contributed by atoms with Crippen molar-refractivity contribution in [3.8, 4) is 0 Å². The molecule has 6 nitrogen and oxygen atoms in total. The van der Waals surface area contributed by atoms with Crippen molar-refractivity contribution < 1.29 is 8.42 Å². The van der Waals surface area contributed by atoms with Gasteiger partial charge in [0.05, 0.1) is 10.6 Å². The van der Waals surface area contributed by atoms with Crippen molar-refractivity contribution in [3.63, 3.8) is 0 Å². The molecule has 27 heavy (non-hydrogen) atoms. The minimum Gasteiger partial charge on any atom is -0.331 e. The quantitative estimate of drug-likeness (QED) is 0.455. The summed E-state index contributed by atoms with van der Waals surface area (Å²) in [4.78, 5) is 0.240. The topological polar surface area (TPSA) is 73.8 Å². The molecule has 2 aromatic rings. The second-order valence-corrected chi connectivity index (χ2v) is 8.90. The van der Waals surface area contributed by atoms with E-state index in [0.717, 1.165) is 22.4 Å². The third-order valence-electron chi connectivity index (χ3n) is 4.10. The van der Waals surface area contributed by atoms with Crippen LogP contribution in [0.25, 0.3) is 0 Å². The third kappa shape index (κ3) is 5.12. The van der Waals surface area contributed by atoms with Gasteiger partial charge < -0.3 is 5.32 Å². The maximum absolute atomic E-state index is 12.1. The number of anilines is 1. The molecule has 0 unspecified atom stereocenters. The van der Waals surface area contributed by atoms with Crippen LogP contribution in [0.1, 0.15) is 23.6 Å². The van der Waals surface area contributed by atoms with Crippen molar-refractivity contribution in [2.75, 3.05) is 19.4 Å². The summed E-state index contributed by atoms with van der Waals surface area (Å²) in [5.74, 6) is 0. The molecule has 0 radical (unpaired) electrons. The first-order chi connectivity index (χ1) is 12.6. The van der Waals surface area contributed by atoms with E-state index in [4.69, 9.17) is 12.2 Å². The highest BCUT2D eigenvalue weighted by Gasteiger charge is 2.16. The van der Waals surface area contributed by atoms with E-state index in [0.29, 0.717) is 10.8 Å². The van der Waals surface area contributed by atoms with Gasteiger partial charge in [-0.25, -0.2) is 12.7 Å². The summed E-state index contributed by atoms with van der Waals surface area (Å²) in [6.07, 6.45) is 0. The zero-order chi connectivity index (χ0) is 20.2. The van der Waals surface area contributed by atoms with E-state index in [-0.39, 0.29) is 4.90 Å². The number of benzene rings is 2. The molecular formula is C19H24N4O2S2. The Balaban J connectivity index is 2.08. The number of aryl methyl sites for hydroxylation is 2. The Labute approximate surface area is 166 Å². The Morgan fingerprint density at radius 3 is 2.11 bits per heavy atom. The first-order valence-electron chi connectivity index (χ1n) is 8.33. The molecule has 0 bridgehead atoms. The zero-order valence-corrected chi connectivity index (χ0v) is 17.7. The molecule has 0 aliphatic rings. The minimum atomic E-state index is -3.44. The number of sulfonamides is 1. The Morgan fingerprint density at radius 1 is 1.04 bits per heavy atom. The number of hydrogen-bond donors (Lipinski definition) is 2. The second kappa shape index (κ2) is 8.60. The Bertz CT molecular complexity index is 945. The van der Waals surface area contributed by atoms with E-state index in [9.17, 15) is 8.42 Å². The van der Waals surface area contributed by atoms with Gasteiger partial charge in [0.15, 0.2) is 5.11 Å². The SMILES string of the molecule is C/C(=N/NC(=S)Nc1c(C)cccc1C)c1ccc(S(=O)(=O)N(C)C)cc1. The molecule has 0 fully saturated rings. The van der Waals surface area contributed by atoms with Gasteiger partial charge in [-0.2, -0.15) is 5.10 Å². The van der Waals surface area contributed by atoms with E-state index in [1.807, 2.05) is 39.0 Å². The van der Waals surface area contributed by atoms with Crippen LogP contribution < -0.4 is 10.7 Å². The van der Waals surface area contributed by atoms with E-state index in [2.05, 4.69) is 15.8 Å². The van der Waals surface area contributed by atoms with Gasteiger partial charge in [0, 0.05) is 19.8 Å². The molecule has 0 aliphatic heterocycles. The molecule has 0 amide bonds. The number of thiocarbonyl (C=S) groups is 1. The summed E-state index contributed by atoms with van der Waals surface area (Å²) in [6.45, 7) is 5.84. The normalized spacial score (nSPS) is 12.1. The first-order valence-corrected chi connectivity index (χ1v) is 10.2. The monoisotopic (exact) mass is 404 g/mol. The van der Waals surface area contributed by atoms with Crippen molar-refractivity contribution in [1.29, 1.82) is 0 Å². The lowest BCUT2D eigenvalue weighted by molar-refractivity contribution is 0.521. The fourth-order valence-corrected chi connectivity index (χ4v) is 3.48. The lowest BCUT2D eigenvalue weighted by Gasteiger charge is -2.13. The number of hydrazone groups is 1. The van der Waals surface area contributed by atoms with Gasteiger partial charge in [0.1, 0.15) is 0 Å². The van der Waals surface area contributed by atoms with Gasteiger partial charge in [-0.3, -0.25) is 5.43 Å². The summed E-state index contributed by atoms with van der Waals surface area (Å²) in [5.41, 5.74) is 7.47. The molecule has 0 aromatic heterocycles. The number of nitrogens with zero attached hydrogens (tertiary/aromatic N) is 2. The standard InChI is InChI=1S/C19H24N4O2S2/c1-13-7-6-8-14(2)18(13)20-19(26)22-21-15(3)16-9-11-17(12-10-16)27(24,25)23(4)5/h6-12H,1-5H3,(H2,20,22,26)/b21-15-. The summed E-state index contributed by atoms with van der Waals surface area (Å²) < 4.78 is 25.4. The van der Waals surface area contributed by atoms with Crippen LogP contribution in [0.4, 0.5) is 5.69 Å². The van der Waals surface area contributed by atoms with Gasteiger partial charge in [0.25, 0.3) is 0 Å². The second-order valence-electron chi connectivity index (χ2n) is 6.34. The fourth-order valence-electron chi connectivity index (χ4n) is 2.43. The highest BCUT2D eigenvalue weighted by Crippen LogP contribution is 2.19. The number of hydrogen-bond acceptors (Lipinski definition) is 4. The van der Waals surface area contributed by atoms with Crippen LogP contribution in [0.5, 0.6) is 0 Å². The van der Waals surface area contributed by atoms with Crippen LogP contribution in [0.15, 0.2) is 52.5 Å². The average Bonchev–Trinajstić information content (AvgIpc) is 2.63. The Kier molecular flexibility index (Phi) is 6.69. The van der Waals surface area contributed by atoms with Gasteiger partial charge >= 0.3 is 0 Å². The smallest absolute Gasteiger partial charge is 0.242 e. The summed E-state index contributed by atoms with van der Waals surface area (Å²) >= 11 is 5.31. The van der Waals surface area contributed by atoms with E-state index >= 15 is 0 Å². The minimum absolute atomic E-state index is 0.240. The van der Waals surface area contributed by atoms with Crippen LogP contribution in [-0.2, 0) is 10.0 Å². The predicted octanol–water partition coefficient (Wildman–Crippen LogP) is 3.26. The lowest BCUT2D eigenvalue weighted by Crippen LogP contribution is -2.25. The maximum Gasteiger partial charge on any atom is 0.242 e. The molecule has 2 rings (SSSR count). The largest absolute Gasteiger partial charge is 0.331 e. The van der Waals surface area contributed by atoms with Crippen LogP contribution in [0.2, 0.25) is 0 Å². The molecule has 2 aromatic carbocycles. The van der Waals surface area contributed by atoms with Crippen LogP contribution in [-0.4, -0.2) is 37.6 Å². The molecule has 8 heteroatoms. The summed E-state index contributed by atoms with van der Waals surface area (Å²) in [5, 5.41) is 7.82. The highest BCUT2D eigenvalue weighted by molar-refractivity contribution is 7.89. The van der Waals surface area contributed by atoms with Crippen molar-refractivity contribution in [1.82, 2.24) is 9.73 Å². The lowest BCUT2D eigenvalue weighted by atomic mass is 10.1. The molecule has 2 N–H and O–H groups in total. The average molecular weight is 405 g/mol. The van der Waals surface area contributed by atoms with Crippen LogP contribution in [0.3, 0.4) is 0 Å². The molecular weight excluding hydrogens is 380 g/mol. The predicted molar refractivity (Wildman–Crippen MR) is 115 cm³/mol. The van der Waals surface area contributed by atoms with E-state index in [1.165, 1.54) is 18.4 Å². The number of nitrogens with one attached hydrogen (secondary N) is 2. The van der Waals surface area contributed by atoms with Gasteiger partial charge in [-0.05, 0) is 61.8 Å². The van der Waals surface area contributed by atoms with Gasteiger partial charge in [-0.1, -0.05) is 30.3 Å². The molecule has 0 atom stereocenters. The van der Waals surface area contributed by atoms with Crippen molar-refractivity contribution in [3.05, 3.63) is 59.2 Å². The third-order valence-corrected chi connectivity index (χ3v) is 6.12. The molecule has 0 spiro atoms. The summed E-state index contributed by atoms with van der Waals surface area (Å²) in [7, 11) is -0.433. The molecule has 144 valence electrons. The fraction of sp³-hybridized carbons (Fsp3) is 0.263. The summed E-state index contributed by atoms with van der Waals surface area (Å²) in [6, 6.07) is 12.6. The molecule has 0 saturated carbocycles. The highest BCUT2D eigenvalue weighted by atomic mass is 32.2. The first kappa shape index (κ1) is 21.0. The Hall–Kier alpha value is -2.29. The van der Waals surface area contributed by atoms with Crippen molar-refractivity contribution >= 4 is 38.8 Å². The maximum atomic E-state index is 12.1. The van der Waals surface area contributed by atoms with Crippen LogP contribution >= 0.6 is 12.2 Å². The van der Waals surface area contributed by atoms with E-state index in [1.54, 1.807) is 24.3 Å². The molecule has 0 saturated heterocycles. The zero-order valence-electron chi connectivity index (χ0n) is 16.1. The van der Waals surface area contributed by atoms with Crippen molar-refractivity contribution in [2.45, 2.75) is 25.7 Å². The van der Waals surface area contributed by atoms with Crippen molar-refractivity contribution in [2.24, 2.45) is 5.10 Å². The van der Waals surface area contributed by atoms with Crippen LogP contribution in [0, 0.1) is 13.8 Å². The van der Waals surface area contributed by atoms with Gasteiger partial charge in [0.2, 0.25) is 10.0 Å². The number of para-hydroxylation sites is 1.